The molecule has 0 radical (unpaired) electrons. The molecule has 1 aromatic heterocycles. The summed E-state index contributed by atoms with van der Waals surface area (Å²) >= 11 is 0. The number of carbonyl (C=O) groups excluding carboxylic acids is 1. The number of para-hydroxylation sites is 1. The quantitative estimate of drug-likeness (QED) is 0.197. The summed E-state index contributed by atoms with van der Waals surface area (Å²) in [5.74, 6) is 1.37. The lowest BCUT2D eigenvalue weighted by Crippen LogP contribution is -2.14. The highest BCUT2D eigenvalue weighted by molar-refractivity contribution is 5.91. The molecule has 0 saturated carbocycles. The van der Waals surface area contributed by atoms with E-state index in [0.29, 0.717) is 46.7 Å². The molecule has 0 bridgehead atoms. The minimum Gasteiger partial charge on any atom is -0.507 e. The molecule has 1 atom stereocenters. The average Bonchev–Trinajstić information content (AvgIpc) is 2.96. The molecule has 6 heteroatoms. The van der Waals surface area contributed by atoms with Crippen LogP contribution in [-0.2, 0) is 4.74 Å². The molecule has 0 aliphatic rings. The first-order valence-corrected chi connectivity index (χ1v) is 14.0. The van der Waals surface area contributed by atoms with Crippen molar-refractivity contribution in [2.75, 3.05) is 6.61 Å². The third-order valence-corrected chi connectivity index (χ3v) is 6.95. The Bertz CT molecular complexity index is 1690. The number of hydrogen-bond donors (Lipinski definition) is 1. The molecule has 0 spiro atoms. The Labute approximate surface area is 241 Å². The number of aromatic nitrogens is 3. The lowest BCUT2D eigenvalue weighted by atomic mass is 9.84. The molecule has 0 saturated heterocycles. The maximum atomic E-state index is 12.9. The number of hydrogen-bond acceptors (Lipinski definition) is 6. The Morgan fingerprint density at radius 3 is 2.17 bits per heavy atom. The molecule has 208 valence electrons. The van der Waals surface area contributed by atoms with Crippen LogP contribution in [0.25, 0.3) is 44.9 Å². The Morgan fingerprint density at radius 2 is 1.44 bits per heavy atom. The summed E-state index contributed by atoms with van der Waals surface area (Å²) in [5.41, 5.74) is 2.65. The lowest BCUT2D eigenvalue weighted by molar-refractivity contribution is 0.0478. The smallest absolute Gasteiger partial charge is 0.338 e. The zero-order chi connectivity index (χ0) is 29.0. The Kier molecular flexibility index (Phi) is 8.11. The van der Waals surface area contributed by atoms with E-state index in [1.165, 1.54) is 0 Å². The number of carbonyl (C=O) groups is 1. The highest BCUT2D eigenvalue weighted by atomic mass is 16.5. The second-order valence-corrected chi connectivity index (χ2v) is 11.8. The van der Waals surface area contributed by atoms with Gasteiger partial charge in [0, 0.05) is 11.1 Å². The summed E-state index contributed by atoms with van der Waals surface area (Å²) in [6, 6.07) is 28.2. The molecule has 5 rings (SSSR count). The highest BCUT2D eigenvalue weighted by Gasteiger charge is 2.18. The van der Waals surface area contributed by atoms with Gasteiger partial charge in [-0.25, -0.2) is 19.7 Å². The molecular weight excluding hydrogens is 510 g/mol. The summed E-state index contributed by atoms with van der Waals surface area (Å²) in [4.78, 5) is 27.2. The SMILES string of the molecule is CC(CCOC(=O)c1cccc(-c2nc(-c3ccc4ccccc4c3)nc(-c3ccccc3O)n2)c1)CC(C)(C)C. The van der Waals surface area contributed by atoms with Gasteiger partial charge in [0.1, 0.15) is 5.75 Å². The molecule has 1 heterocycles. The van der Waals surface area contributed by atoms with Gasteiger partial charge in [-0.05, 0) is 65.3 Å². The van der Waals surface area contributed by atoms with E-state index in [0.717, 1.165) is 29.2 Å². The Hall–Kier alpha value is -4.58. The molecule has 0 aliphatic carbocycles. The number of rotatable bonds is 8. The van der Waals surface area contributed by atoms with Crippen molar-refractivity contribution in [3.63, 3.8) is 0 Å². The fourth-order valence-corrected chi connectivity index (χ4v) is 5.11. The van der Waals surface area contributed by atoms with Crippen LogP contribution in [0.2, 0.25) is 0 Å². The summed E-state index contributed by atoms with van der Waals surface area (Å²) in [6.45, 7) is 9.22. The van der Waals surface area contributed by atoms with Gasteiger partial charge in [0.2, 0.25) is 0 Å². The third-order valence-electron chi connectivity index (χ3n) is 6.95. The van der Waals surface area contributed by atoms with Crippen LogP contribution in [0.15, 0.2) is 91.0 Å². The van der Waals surface area contributed by atoms with Crippen molar-refractivity contribution in [3.05, 3.63) is 96.6 Å². The van der Waals surface area contributed by atoms with Gasteiger partial charge < -0.3 is 9.84 Å². The third kappa shape index (κ3) is 6.95. The van der Waals surface area contributed by atoms with Crippen molar-refractivity contribution in [2.45, 2.75) is 40.5 Å². The van der Waals surface area contributed by atoms with Gasteiger partial charge in [-0.1, -0.05) is 88.4 Å². The normalized spacial score (nSPS) is 12.3. The summed E-state index contributed by atoms with van der Waals surface area (Å²) in [6.07, 6.45) is 1.88. The maximum absolute atomic E-state index is 12.9. The van der Waals surface area contributed by atoms with Crippen LogP contribution >= 0.6 is 0 Å². The van der Waals surface area contributed by atoms with E-state index in [9.17, 15) is 9.90 Å². The number of fused-ring (bicyclic) bond motifs is 1. The predicted octanol–water partition coefficient (Wildman–Crippen LogP) is 8.35. The van der Waals surface area contributed by atoms with Crippen molar-refractivity contribution in [3.8, 4) is 39.9 Å². The maximum Gasteiger partial charge on any atom is 0.338 e. The van der Waals surface area contributed by atoms with Crippen molar-refractivity contribution in [1.82, 2.24) is 15.0 Å². The van der Waals surface area contributed by atoms with E-state index in [-0.39, 0.29) is 17.1 Å². The summed E-state index contributed by atoms with van der Waals surface area (Å²) < 4.78 is 5.62. The van der Waals surface area contributed by atoms with Gasteiger partial charge in [-0.3, -0.25) is 0 Å². The van der Waals surface area contributed by atoms with E-state index in [2.05, 4.69) is 33.8 Å². The van der Waals surface area contributed by atoms with E-state index < -0.39 is 0 Å². The monoisotopic (exact) mass is 545 g/mol. The standard InChI is InChI=1S/C35H35N3O3/c1-23(22-35(2,3)4)18-19-41-34(40)28-13-9-12-26(21-28)31-36-32(27-17-16-24-10-5-6-11-25(24)20-27)38-33(37-31)29-14-7-8-15-30(29)39/h5-17,20-21,23,39H,18-19,22H2,1-4H3. The van der Waals surface area contributed by atoms with Crippen LogP contribution in [0.5, 0.6) is 5.75 Å². The topological polar surface area (TPSA) is 85.2 Å². The van der Waals surface area contributed by atoms with Gasteiger partial charge in [0.05, 0.1) is 17.7 Å². The van der Waals surface area contributed by atoms with Crippen molar-refractivity contribution >= 4 is 16.7 Å². The largest absolute Gasteiger partial charge is 0.507 e. The van der Waals surface area contributed by atoms with E-state index in [4.69, 9.17) is 19.7 Å². The molecule has 1 N–H and O–H groups in total. The summed E-state index contributed by atoms with van der Waals surface area (Å²) in [7, 11) is 0. The van der Waals surface area contributed by atoms with Crippen LogP contribution in [0, 0.1) is 11.3 Å². The minimum absolute atomic E-state index is 0.0760. The van der Waals surface area contributed by atoms with Gasteiger partial charge in [0.25, 0.3) is 0 Å². The molecule has 0 aliphatic heterocycles. The van der Waals surface area contributed by atoms with Gasteiger partial charge in [0.15, 0.2) is 17.5 Å². The average molecular weight is 546 g/mol. The molecular formula is C35H35N3O3. The van der Waals surface area contributed by atoms with Crippen molar-refractivity contribution in [1.29, 1.82) is 0 Å². The van der Waals surface area contributed by atoms with Crippen LogP contribution < -0.4 is 0 Å². The number of phenolic OH excluding ortho intramolecular Hbond substituents is 1. The molecule has 1 unspecified atom stereocenters. The number of aromatic hydroxyl groups is 1. The number of benzene rings is 4. The lowest BCUT2D eigenvalue weighted by Gasteiger charge is -2.23. The van der Waals surface area contributed by atoms with Crippen molar-refractivity contribution in [2.24, 2.45) is 11.3 Å². The van der Waals surface area contributed by atoms with Crippen LogP contribution in [-0.4, -0.2) is 32.6 Å². The molecule has 41 heavy (non-hydrogen) atoms. The molecule has 0 amide bonds. The molecule has 0 fully saturated rings. The summed E-state index contributed by atoms with van der Waals surface area (Å²) in [5, 5.41) is 12.8. The second-order valence-electron chi connectivity index (χ2n) is 11.8. The van der Waals surface area contributed by atoms with E-state index in [1.807, 2.05) is 48.5 Å². The molecule has 6 nitrogen and oxygen atoms in total. The van der Waals surface area contributed by atoms with Crippen LogP contribution in [0.1, 0.15) is 50.9 Å². The Morgan fingerprint density at radius 1 is 0.780 bits per heavy atom. The van der Waals surface area contributed by atoms with Gasteiger partial charge in [-0.2, -0.15) is 0 Å². The van der Waals surface area contributed by atoms with E-state index >= 15 is 0 Å². The number of nitrogens with zero attached hydrogens (tertiary/aromatic N) is 3. The molecule has 5 aromatic rings. The first-order chi connectivity index (χ1) is 19.7. The fraction of sp³-hybridized carbons (Fsp3) is 0.257. The first-order valence-electron chi connectivity index (χ1n) is 14.0. The second kappa shape index (κ2) is 11.9. The van der Waals surface area contributed by atoms with Crippen molar-refractivity contribution < 1.29 is 14.6 Å². The minimum atomic E-state index is -0.375. The fourth-order valence-electron chi connectivity index (χ4n) is 5.11. The van der Waals surface area contributed by atoms with Gasteiger partial charge in [-0.15, -0.1) is 0 Å². The molecule has 4 aromatic carbocycles. The zero-order valence-electron chi connectivity index (χ0n) is 24.0. The number of esters is 1. The highest BCUT2D eigenvalue weighted by Crippen LogP contribution is 2.31. The zero-order valence-corrected chi connectivity index (χ0v) is 24.0. The number of phenols is 1. The first kappa shape index (κ1) is 28.0. The number of ether oxygens (including phenoxy) is 1. The van der Waals surface area contributed by atoms with Gasteiger partial charge >= 0.3 is 5.97 Å². The van der Waals surface area contributed by atoms with Crippen LogP contribution in [0.4, 0.5) is 0 Å². The predicted molar refractivity (Wildman–Crippen MR) is 163 cm³/mol. The Balaban J connectivity index is 1.47. The van der Waals surface area contributed by atoms with E-state index in [1.54, 1.807) is 36.4 Å². The van der Waals surface area contributed by atoms with Crippen LogP contribution in [0.3, 0.4) is 0 Å².